The lowest BCUT2D eigenvalue weighted by Crippen LogP contribution is -2.38. The number of para-hydroxylation sites is 1. The predicted octanol–water partition coefficient (Wildman–Crippen LogP) is 2.05. The van der Waals surface area contributed by atoms with Gasteiger partial charge in [0.25, 0.3) is 11.5 Å². The minimum Gasteiger partial charge on any atom is -0.327 e. The van der Waals surface area contributed by atoms with Gasteiger partial charge in [0.05, 0.1) is 23.1 Å². The zero-order chi connectivity index (χ0) is 19.9. The average Bonchev–Trinajstić information content (AvgIpc) is 3.34. The van der Waals surface area contributed by atoms with Gasteiger partial charge in [0.1, 0.15) is 12.4 Å². The maximum atomic E-state index is 13.2. The maximum absolute atomic E-state index is 13.2. The molecule has 0 saturated carbocycles. The van der Waals surface area contributed by atoms with Crippen LogP contribution in [0.1, 0.15) is 35.2 Å². The Morgan fingerprint density at radius 2 is 2.07 bits per heavy atom. The van der Waals surface area contributed by atoms with Gasteiger partial charge < -0.3 is 4.90 Å². The molecule has 8 nitrogen and oxygen atoms in total. The van der Waals surface area contributed by atoms with Gasteiger partial charge >= 0.3 is 6.18 Å². The van der Waals surface area contributed by atoms with E-state index in [1.807, 2.05) is 0 Å². The molecule has 0 spiro atoms. The van der Waals surface area contributed by atoms with Crippen LogP contribution in [0.3, 0.4) is 0 Å². The zero-order valence-corrected chi connectivity index (χ0v) is 14.5. The lowest BCUT2D eigenvalue weighted by atomic mass is 10.1. The molecule has 11 heteroatoms. The van der Waals surface area contributed by atoms with Crippen molar-refractivity contribution in [2.24, 2.45) is 0 Å². The third kappa shape index (κ3) is 3.23. The van der Waals surface area contributed by atoms with Crippen LogP contribution in [-0.4, -0.2) is 48.5 Å². The summed E-state index contributed by atoms with van der Waals surface area (Å²) in [5.41, 5.74) is -0.433. The number of rotatable bonds is 3. The summed E-state index contributed by atoms with van der Waals surface area (Å²) in [4.78, 5) is 31.2. The minimum atomic E-state index is -4.61. The van der Waals surface area contributed by atoms with Crippen molar-refractivity contribution in [1.29, 1.82) is 0 Å². The fraction of sp³-hybridized carbons (Fsp3) is 0.353. The van der Waals surface area contributed by atoms with E-state index in [4.69, 9.17) is 0 Å². The molecule has 1 aliphatic rings. The number of fused-ring (bicyclic) bond motifs is 1. The molecule has 1 aliphatic heterocycles. The first kappa shape index (κ1) is 18.1. The van der Waals surface area contributed by atoms with Crippen LogP contribution in [-0.2, 0) is 6.54 Å². The van der Waals surface area contributed by atoms with Crippen molar-refractivity contribution in [3.05, 3.63) is 52.3 Å². The molecule has 1 amide bonds. The lowest BCUT2D eigenvalue weighted by Gasteiger charge is -2.26. The fourth-order valence-corrected chi connectivity index (χ4v) is 3.50. The highest BCUT2D eigenvalue weighted by molar-refractivity contribution is 5.92. The van der Waals surface area contributed by atoms with E-state index >= 15 is 0 Å². The van der Waals surface area contributed by atoms with Crippen LogP contribution in [0.15, 0.2) is 35.3 Å². The first-order valence-corrected chi connectivity index (χ1v) is 8.58. The number of nitrogens with zero attached hydrogens (tertiary/aromatic N) is 5. The van der Waals surface area contributed by atoms with E-state index < -0.39 is 30.2 Å². The molecule has 1 atom stereocenters. The number of carbonyl (C=O) groups is 1. The quantitative estimate of drug-likeness (QED) is 0.736. The second-order valence-electron chi connectivity index (χ2n) is 6.51. The molecule has 2 aromatic heterocycles. The SMILES string of the molecule is O=C(c1cn[nH]n1)N1CCCC1c1nc2ccccc2c(=O)n1CC(F)(F)F. The number of aromatic amines is 1. The van der Waals surface area contributed by atoms with Crippen LogP contribution in [0.5, 0.6) is 0 Å². The summed E-state index contributed by atoms with van der Waals surface area (Å²) in [7, 11) is 0. The summed E-state index contributed by atoms with van der Waals surface area (Å²) in [6, 6.07) is 5.47. The smallest absolute Gasteiger partial charge is 0.327 e. The first-order valence-electron chi connectivity index (χ1n) is 8.58. The normalized spacial score (nSPS) is 17.4. The summed E-state index contributed by atoms with van der Waals surface area (Å²) >= 11 is 0. The maximum Gasteiger partial charge on any atom is 0.406 e. The number of nitrogens with one attached hydrogen (secondary N) is 1. The Bertz CT molecular complexity index is 1080. The second kappa shape index (κ2) is 6.73. The van der Waals surface area contributed by atoms with Crippen LogP contribution >= 0.6 is 0 Å². The number of aromatic nitrogens is 5. The first-order chi connectivity index (χ1) is 13.3. The van der Waals surface area contributed by atoms with E-state index in [2.05, 4.69) is 20.4 Å². The van der Waals surface area contributed by atoms with Crippen molar-refractivity contribution in [3.63, 3.8) is 0 Å². The molecule has 0 bridgehead atoms. The van der Waals surface area contributed by atoms with Crippen molar-refractivity contribution in [2.75, 3.05) is 6.54 Å². The zero-order valence-electron chi connectivity index (χ0n) is 14.5. The van der Waals surface area contributed by atoms with E-state index in [9.17, 15) is 22.8 Å². The van der Waals surface area contributed by atoms with E-state index in [0.717, 1.165) is 0 Å². The van der Waals surface area contributed by atoms with Crippen molar-refractivity contribution >= 4 is 16.8 Å². The number of alkyl halides is 3. The van der Waals surface area contributed by atoms with Gasteiger partial charge in [-0.2, -0.15) is 28.6 Å². The molecule has 1 fully saturated rings. The average molecular weight is 392 g/mol. The van der Waals surface area contributed by atoms with Gasteiger partial charge in [-0.05, 0) is 25.0 Å². The number of likely N-dealkylation sites (tertiary alicyclic amines) is 1. The van der Waals surface area contributed by atoms with E-state index in [1.54, 1.807) is 18.2 Å². The lowest BCUT2D eigenvalue weighted by molar-refractivity contribution is -0.141. The van der Waals surface area contributed by atoms with Crippen molar-refractivity contribution in [2.45, 2.75) is 31.6 Å². The van der Waals surface area contributed by atoms with E-state index in [0.29, 0.717) is 29.5 Å². The van der Waals surface area contributed by atoms with Crippen molar-refractivity contribution < 1.29 is 18.0 Å². The van der Waals surface area contributed by atoms with Crippen LogP contribution in [0.4, 0.5) is 13.2 Å². The Morgan fingerprint density at radius 3 is 2.79 bits per heavy atom. The van der Waals surface area contributed by atoms with Gasteiger partial charge in [0, 0.05) is 6.54 Å². The summed E-state index contributed by atoms with van der Waals surface area (Å²) in [5, 5.41) is 9.77. The van der Waals surface area contributed by atoms with Gasteiger partial charge in [-0.25, -0.2) is 4.98 Å². The molecule has 1 unspecified atom stereocenters. The molecule has 0 aliphatic carbocycles. The van der Waals surface area contributed by atoms with Crippen molar-refractivity contribution in [3.8, 4) is 0 Å². The Hall–Kier alpha value is -3.24. The molecule has 1 saturated heterocycles. The third-order valence-corrected chi connectivity index (χ3v) is 4.67. The molecular weight excluding hydrogens is 377 g/mol. The van der Waals surface area contributed by atoms with E-state index in [-0.39, 0.29) is 16.9 Å². The monoisotopic (exact) mass is 392 g/mol. The molecule has 0 radical (unpaired) electrons. The van der Waals surface area contributed by atoms with Crippen LogP contribution in [0.25, 0.3) is 10.9 Å². The summed E-state index contributed by atoms with van der Waals surface area (Å²) in [6.45, 7) is -1.15. The molecule has 28 heavy (non-hydrogen) atoms. The number of hydrogen-bond donors (Lipinski definition) is 1. The van der Waals surface area contributed by atoms with Gasteiger partial charge in [-0.3, -0.25) is 14.2 Å². The standard InChI is InChI=1S/C17H15F3N6O2/c18-17(19,20)9-26-14(22-11-5-2-1-4-10(11)15(26)27)13-6-3-7-25(13)16(28)12-8-21-24-23-12/h1-2,4-5,8,13H,3,6-7,9H2,(H,21,23,24). The molecule has 1 N–H and O–H groups in total. The Balaban J connectivity index is 1.85. The minimum absolute atomic E-state index is 0.0532. The fourth-order valence-electron chi connectivity index (χ4n) is 3.50. The molecule has 1 aromatic carbocycles. The Kier molecular flexibility index (Phi) is 4.36. The Morgan fingerprint density at radius 1 is 1.29 bits per heavy atom. The highest BCUT2D eigenvalue weighted by Gasteiger charge is 2.37. The molecule has 4 rings (SSSR count). The van der Waals surface area contributed by atoms with Crippen LogP contribution < -0.4 is 5.56 Å². The number of hydrogen-bond acceptors (Lipinski definition) is 5. The van der Waals surface area contributed by atoms with Gasteiger partial charge in [0.2, 0.25) is 0 Å². The number of halogens is 3. The van der Waals surface area contributed by atoms with Gasteiger partial charge in [-0.1, -0.05) is 12.1 Å². The van der Waals surface area contributed by atoms with Gasteiger partial charge in [0.15, 0.2) is 5.69 Å². The summed E-state index contributed by atoms with van der Waals surface area (Å²) in [6.07, 6.45) is -2.40. The molecule has 3 aromatic rings. The van der Waals surface area contributed by atoms with Crippen LogP contribution in [0, 0.1) is 0 Å². The van der Waals surface area contributed by atoms with Gasteiger partial charge in [-0.15, -0.1) is 0 Å². The number of amides is 1. The van der Waals surface area contributed by atoms with E-state index in [1.165, 1.54) is 17.2 Å². The molecule has 3 heterocycles. The van der Waals surface area contributed by atoms with Crippen molar-refractivity contribution in [1.82, 2.24) is 29.9 Å². The summed E-state index contributed by atoms with van der Waals surface area (Å²) in [5.74, 6) is -0.549. The van der Waals surface area contributed by atoms with Crippen LogP contribution in [0.2, 0.25) is 0 Å². The third-order valence-electron chi connectivity index (χ3n) is 4.67. The number of H-pyrrole nitrogens is 1. The molecule has 146 valence electrons. The highest BCUT2D eigenvalue weighted by atomic mass is 19.4. The predicted molar refractivity (Wildman–Crippen MR) is 91.5 cm³/mol. The highest BCUT2D eigenvalue weighted by Crippen LogP contribution is 2.33. The second-order valence-corrected chi connectivity index (χ2v) is 6.51. The topological polar surface area (TPSA) is 96.8 Å². The molecular formula is C17H15F3N6O2. The number of benzene rings is 1. The Labute approximate surface area is 156 Å². The number of carbonyl (C=O) groups excluding carboxylic acids is 1. The largest absolute Gasteiger partial charge is 0.406 e. The summed E-state index contributed by atoms with van der Waals surface area (Å²) < 4.78 is 40.2.